The number of hydrogen-bond donors (Lipinski definition) is 1. The molecule has 0 atom stereocenters. The van der Waals surface area contributed by atoms with Crippen molar-refractivity contribution in [2.24, 2.45) is 5.92 Å². The topological polar surface area (TPSA) is 65.4 Å². The molecule has 0 aliphatic carbocycles. The van der Waals surface area contributed by atoms with Crippen LogP contribution in [-0.4, -0.2) is 67.0 Å². The molecule has 0 bridgehead atoms. The van der Waals surface area contributed by atoms with Gasteiger partial charge in [-0.1, -0.05) is 13.8 Å². The van der Waals surface area contributed by atoms with Crippen molar-refractivity contribution in [1.29, 1.82) is 0 Å². The summed E-state index contributed by atoms with van der Waals surface area (Å²) in [4.78, 5) is 41.9. The molecule has 3 rings (SSSR count). The zero-order chi connectivity index (χ0) is 18.8. The second-order valence-electron chi connectivity index (χ2n) is 7.20. The molecule has 0 saturated carbocycles. The zero-order valence-electron chi connectivity index (χ0n) is 15.1. The predicted octanol–water partition coefficient (Wildman–Crippen LogP) is -0.0651. The predicted molar refractivity (Wildman–Crippen MR) is 93.0 cm³/mol. The van der Waals surface area contributed by atoms with E-state index < -0.39 is 17.8 Å². The van der Waals surface area contributed by atoms with Gasteiger partial charge in [0.15, 0.2) is 6.67 Å². The number of quaternary nitrogens is 1. The first-order valence-corrected chi connectivity index (χ1v) is 8.88. The molecule has 2 fully saturated rings. The lowest BCUT2D eigenvalue weighted by molar-refractivity contribution is -0.907. The van der Waals surface area contributed by atoms with Gasteiger partial charge in [-0.2, -0.15) is 0 Å². The molecule has 26 heavy (non-hydrogen) atoms. The van der Waals surface area contributed by atoms with Crippen molar-refractivity contribution < 1.29 is 23.7 Å². The molecule has 7 nitrogen and oxygen atoms in total. The van der Waals surface area contributed by atoms with Crippen LogP contribution < -0.4 is 9.80 Å². The Balaban J connectivity index is 1.57. The highest BCUT2D eigenvalue weighted by Gasteiger charge is 2.46. The van der Waals surface area contributed by atoms with E-state index in [-0.39, 0.29) is 24.9 Å². The Labute approximate surface area is 151 Å². The number of urea groups is 1. The number of piperazine rings is 1. The largest absolute Gasteiger partial charge is 0.360 e. The van der Waals surface area contributed by atoms with Crippen LogP contribution in [0.5, 0.6) is 0 Å². The Bertz CT molecular complexity index is 699. The number of carbonyl (C=O) groups is 3. The summed E-state index contributed by atoms with van der Waals surface area (Å²) in [5.74, 6) is -1.61. The molecule has 2 aliphatic heterocycles. The maximum Gasteiger partial charge on any atom is 0.338 e. The van der Waals surface area contributed by atoms with Gasteiger partial charge in [0.25, 0.3) is 0 Å². The van der Waals surface area contributed by atoms with Gasteiger partial charge in [0.05, 0.1) is 26.2 Å². The van der Waals surface area contributed by atoms with E-state index in [4.69, 9.17) is 0 Å². The summed E-state index contributed by atoms with van der Waals surface area (Å²) in [5.41, 5.74) is 0.956. The Kier molecular flexibility index (Phi) is 5.22. The third kappa shape index (κ3) is 3.70. The lowest BCUT2D eigenvalue weighted by Crippen LogP contribution is -3.16. The number of nitrogens with one attached hydrogen (secondary N) is 1. The average molecular weight is 363 g/mol. The molecule has 1 aromatic carbocycles. The summed E-state index contributed by atoms with van der Waals surface area (Å²) < 4.78 is 13.0. The van der Waals surface area contributed by atoms with Crippen LogP contribution >= 0.6 is 0 Å². The standard InChI is InChI=1S/C18H23FN4O3/c1-13(2)11-22-16(24)17(25)23(18(22)26)12-20-7-9-21(10-8-20)15-5-3-14(19)4-6-15/h3-6,13H,7-12H2,1-2H3/p+1. The first kappa shape index (κ1) is 18.3. The minimum Gasteiger partial charge on any atom is -0.360 e. The van der Waals surface area contributed by atoms with Gasteiger partial charge in [0.2, 0.25) is 0 Å². The van der Waals surface area contributed by atoms with Gasteiger partial charge >= 0.3 is 17.8 Å². The maximum absolute atomic E-state index is 13.0. The number of halogens is 1. The smallest absolute Gasteiger partial charge is 0.338 e. The van der Waals surface area contributed by atoms with E-state index in [2.05, 4.69) is 4.90 Å². The fourth-order valence-electron chi connectivity index (χ4n) is 3.33. The van der Waals surface area contributed by atoms with Gasteiger partial charge in [-0.15, -0.1) is 0 Å². The molecule has 8 heteroatoms. The second kappa shape index (κ2) is 7.41. The highest BCUT2D eigenvalue weighted by molar-refractivity contribution is 6.44. The second-order valence-corrected chi connectivity index (χ2v) is 7.20. The van der Waals surface area contributed by atoms with Gasteiger partial charge in [-0.3, -0.25) is 14.5 Å². The first-order chi connectivity index (χ1) is 12.4. The summed E-state index contributed by atoms with van der Waals surface area (Å²) in [6, 6.07) is 5.85. The van der Waals surface area contributed by atoms with E-state index in [0.717, 1.165) is 46.6 Å². The number of imide groups is 2. The van der Waals surface area contributed by atoms with Crippen LogP contribution in [0.2, 0.25) is 0 Å². The van der Waals surface area contributed by atoms with Gasteiger partial charge < -0.3 is 9.80 Å². The van der Waals surface area contributed by atoms with Crippen molar-refractivity contribution in [3.05, 3.63) is 30.1 Å². The average Bonchev–Trinajstić information content (AvgIpc) is 2.81. The third-order valence-corrected chi connectivity index (χ3v) is 4.73. The monoisotopic (exact) mass is 363 g/mol. The molecule has 140 valence electrons. The van der Waals surface area contributed by atoms with Crippen molar-refractivity contribution in [2.75, 3.05) is 44.3 Å². The molecule has 1 aromatic rings. The van der Waals surface area contributed by atoms with E-state index in [1.54, 1.807) is 12.1 Å². The number of anilines is 1. The number of amides is 4. The molecule has 2 aliphatic rings. The minimum atomic E-state index is -0.732. The lowest BCUT2D eigenvalue weighted by atomic mass is 10.2. The van der Waals surface area contributed by atoms with Crippen molar-refractivity contribution in [3.63, 3.8) is 0 Å². The summed E-state index contributed by atoms with van der Waals surface area (Å²) >= 11 is 0. The Hall–Kier alpha value is -2.48. The van der Waals surface area contributed by atoms with Gasteiger partial charge in [-0.05, 0) is 30.2 Å². The van der Waals surface area contributed by atoms with E-state index >= 15 is 0 Å². The summed E-state index contributed by atoms with van der Waals surface area (Å²) in [7, 11) is 0. The van der Waals surface area contributed by atoms with Crippen LogP contribution in [0.25, 0.3) is 0 Å². The van der Waals surface area contributed by atoms with E-state index in [1.807, 2.05) is 13.8 Å². The Morgan fingerprint density at radius 3 is 2.15 bits per heavy atom. The molecular formula is C18H24FN4O3+. The zero-order valence-corrected chi connectivity index (χ0v) is 15.1. The van der Waals surface area contributed by atoms with E-state index in [1.165, 1.54) is 12.1 Å². The highest BCUT2D eigenvalue weighted by Crippen LogP contribution is 2.15. The fourth-order valence-corrected chi connectivity index (χ4v) is 3.33. The molecule has 0 aromatic heterocycles. The number of carbonyl (C=O) groups excluding carboxylic acids is 3. The molecule has 4 amide bonds. The summed E-state index contributed by atoms with van der Waals surface area (Å²) in [5, 5.41) is 0. The molecule has 0 radical (unpaired) electrons. The molecule has 0 spiro atoms. The normalized spacial score (nSPS) is 19.2. The maximum atomic E-state index is 13.0. The SMILES string of the molecule is CC(C)CN1C(=O)C(=O)N(C[NH+]2CCN(c3ccc(F)cc3)CC2)C1=O. The Morgan fingerprint density at radius 2 is 1.58 bits per heavy atom. The van der Waals surface area contributed by atoms with Crippen LogP contribution in [-0.2, 0) is 9.59 Å². The quantitative estimate of drug-likeness (QED) is 0.588. The molecule has 0 unspecified atom stereocenters. The van der Waals surface area contributed by atoms with Gasteiger partial charge in [0, 0.05) is 12.2 Å². The van der Waals surface area contributed by atoms with Crippen molar-refractivity contribution in [1.82, 2.24) is 9.80 Å². The number of benzene rings is 1. The van der Waals surface area contributed by atoms with Crippen molar-refractivity contribution >= 4 is 23.5 Å². The third-order valence-electron chi connectivity index (χ3n) is 4.73. The molecular weight excluding hydrogens is 339 g/mol. The lowest BCUT2D eigenvalue weighted by Gasteiger charge is -2.34. The van der Waals surface area contributed by atoms with Gasteiger partial charge in [-0.25, -0.2) is 14.1 Å². The molecule has 2 heterocycles. The van der Waals surface area contributed by atoms with E-state index in [0.29, 0.717) is 0 Å². The van der Waals surface area contributed by atoms with Crippen LogP contribution in [0, 0.1) is 11.7 Å². The number of rotatable bonds is 5. The van der Waals surface area contributed by atoms with Crippen LogP contribution in [0.4, 0.5) is 14.9 Å². The number of hydrogen-bond acceptors (Lipinski definition) is 4. The summed E-state index contributed by atoms with van der Waals surface area (Å²) in [6.07, 6.45) is 0. The van der Waals surface area contributed by atoms with Crippen molar-refractivity contribution in [2.45, 2.75) is 13.8 Å². The number of nitrogens with zero attached hydrogens (tertiary/aromatic N) is 3. The first-order valence-electron chi connectivity index (χ1n) is 8.88. The minimum absolute atomic E-state index is 0.113. The van der Waals surface area contributed by atoms with Crippen LogP contribution in [0.1, 0.15) is 13.8 Å². The van der Waals surface area contributed by atoms with Gasteiger partial charge in [0.1, 0.15) is 5.82 Å². The highest BCUT2D eigenvalue weighted by atomic mass is 19.1. The fraction of sp³-hybridized carbons (Fsp3) is 0.500. The van der Waals surface area contributed by atoms with Crippen LogP contribution in [0.3, 0.4) is 0 Å². The van der Waals surface area contributed by atoms with Crippen LogP contribution in [0.15, 0.2) is 24.3 Å². The Morgan fingerprint density at radius 1 is 1.00 bits per heavy atom. The van der Waals surface area contributed by atoms with Crippen molar-refractivity contribution in [3.8, 4) is 0 Å². The van der Waals surface area contributed by atoms with E-state index in [9.17, 15) is 18.8 Å². The molecule has 1 N–H and O–H groups in total. The molecule has 2 saturated heterocycles. The summed E-state index contributed by atoms with van der Waals surface area (Å²) in [6.45, 7) is 7.19.